The minimum Gasteiger partial charge on any atom is -0.394 e. The number of aryl methyl sites for hydroxylation is 1. The molecule has 1 rings (SSSR count). The third kappa shape index (κ3) is 5.15. The number of nitrogens with one attached hydrogen (secondary N) is 1. The molecule has 1 atom stereocenters. The van der Waals surface area contributed by atoms with Crippen LogP contribution in [0.5, 0.6) is 0 Å². The predicted molar refractivity (Wildman–Crippen MR) is 80.2 cm³/mol. The van der Waals surface area contributed by atoms with Crippen molar-refractivity contribution in [2.45, 2.75) is 40.2 Å². The van der Waals surface area contributed by atoms with Gasteiger partial charge in [0.1, 0.15) is 0 Å². The number of nitrogens with zero attached hydrogens (tertiary/aromatic N) is 1. The van der Waals surface area contributed by atoms with Crippen molar-refractivity contribution < 1.29 is 14.8 Å². The van der Waals surface area contributed by atoms with Gasteiger partial charge in [0, 0.05) is 17.7 Å². The van der Waals surface area contributed by atoms with Gasteiger partial charge in [-0.2, -0.15) is 0 Å². The number of nitro groups is 1. The molecule has 0 aliphatic rings. The van der Waals surface area contributed by atoms with Crippen LogP contribution >= 0.6 is 0 Å². The number of hydrogen-bond donors (Lipinski definition) is 2. The molecule has 0 saturated carbocycles. The fraction of sp³-hybridized carbons (Fsp3) is 0.533. The van der Waals surface area contributed by atoms with E-state index in [4.69, 9.17) is 0 Å². The van der Waals surface area contributed by atoms with Crippen molar-refractivity contribution in [3.63, 3.8) is 0 Å². The van der Waals surface area contributed by atoms with Crippen LogP contribution in [0.2, 0.25) is 0 Å². The molecule has 0 fully saturated rings. The number of non-ortho nitro benzene ring substituents is 1. The van der Waals surface area contributed by atoms with E-state index in [0.29, 0.717) is 17.5 Å². The van der Waals surface area contributed by atoms with Gasteiger partial charge in [0.15, 0.2) is 0 Å². The molecular weight excluding hydrogens is 272 g/mol. The standard InChI is InChI=1S/C15H22N2O4/c1-10-7-12(17(20)21)5-6-13(10)14(19)16-11(9-18)8-15(2,3)4/h5-7,11,18H,8-9H2,1-4H3,(H,16,19). The molecule has 0 saturated heterocycles. The van der Waals surface area contributed by atoms with Gasteiger partial charge in [0.05, 0.1) is 17.6 Å². The maximum absolute atomic E-state index is 12.2. The zero-order valence-electron chi connectivity index (χ0n) is 12.8. The van der Waals surface area contributed by atoms with Crippen LogP contribution in [-0.2, 0) is 0 Å². The van der Waals surface area contributed by atoms with Crippen molar-refractivity contribution in [3.8, 4) is 0 Å². The number of amides is 1. The molecule has 116 valence electrons. The van der Waals surface area contributed by atoms with Gasteiger partial charge in [-0.25, -0.2) is 0 Å². The van der Waals surface area contributed by atoms with Gasteiger partial charge < -0.3 is 10.4 Å². The van der Waals surface area contributed by atoms with Crippen molar-refractivity contribution in [1.29, 1.82) is 0 Å². The lowest BCUT2D eigenvalue weighted by Gasteiger charge is -2.25. The average molecular weight is 294 g/mol. The quantitative estimate of drug-likeness (QED) is 0.644. The lowest BCUT2D eigenvalue weighted by atomic mass is 9.88. The first-order valence-electron chi connectivity index (χ1n) is 6.81. The van der Waals surface area contributed by atoms with Crippen LogP contribution in [-0.4, -0.2) is 28.6 Å². The topological polar surface area (TPSA) is 92.5 Å². The van der Waals surface area contributed by atoms with E-state index in [2.05, 4.69) is 5.32 Å². The third-order valence-corrected chi connectivity index (χ3v) is 3.08. The molecule has 1 amide bonds. The Labute approximate surface area is 124 Å². The molecule has 1 aromatic carbocycles. The molecule has 21 heavy (non-hydrogen) atoms. The number of aliphatic hydroxyl groups is 1. The van der Waals surface area contributed by atoms with Crippen LogP contribution in [0.25, 0.3) is 0 Å². The van der Waals surface area contributed by atoms with Crippen LogP contribution in [0.3, 0.4) is 0 Å². The summed E-state index contributed by atoms with van der Waals surface area (Å²) in [7, 11) is 0. The summed E-state index contributed by atoms with van der Waals surface area (Å²) in [6.45, 7) is 7.59. The number of carbonyl (C=O) groups is 1. The summed E-state index contributed by atoms with van der Waals surface area (Å²) in [4.78, 5) is 22.4. The SMILES string of the molecule is Cc1cc([N+](=O)[O-])ccc1C(=O)NC(CO)CC(C)(C)C. The molecule has 0 aliphatic heterocycles. The number of rotatable bonds is 5. The zero-order valence-corrected chi connectivity index (χ0v) is 12.8. The Balaban J connectivity index is 2.86. The van der Waals surface area contributed by atoms with E-state index in [0.717, 1.165) is 0 Å². The highest BCUT2D eigenvalue weighted by Crippen LogP contribution is 2.21. The Morgan fingerprint density at radius 2 is 2.05 bits per heavy atom. The molecule has 0 bridgehead atoms. The second-order valence-corrected chi connectivity index (χ2v) is 6.37. The van der Waals surface area contributed by atoms with Crippen LogP contribution in [0, 0.1) is 22.5 Å². The van der Waals surface area contributed by atoms with Gasteiger partial charge in [-0.15, -0.1) is 0 Å². The van der Waals surface area contributed by atoms with E-state index < -0.39 is 4.92 Å². The van der Waals surface area contributed by atoms with E-state index in [1.807, 2.05) is 20.8 Å². The van der Waals surface area contributed by atoms with Crippen molar-refractivity contribution >= 4 is 11.6 Å². The highest BCUT2D eigenvalue weighted by molar-refractivity contribution is 5.96. The van der Waals surface area contributed by atoms with Crippen LogP contribution in [0.1, 0.15) is 43.1 Å². The van der Waals surface area contributed by atoms with Gasteiger partial charge in [-0.3, -0.25) is 14.9 Å². The van der Waals surface area contributed by atoms with Gasteiger partial charge in [-0.1, -0.05) is 20.8 Å². The monoisotopic (exact) mass is 294 g/mol. The summed E-state index contributed by atoms with van der Waals surface area (Å²) < 4.78 is 0. The molecule has 0 aliphatic carbocycles. The second kappa shape index (κ2) is 6.67. The van der Waals surface area contributed by atoms with E-state index in [9.17, 15) is 20.0 Å². The molecule has 6 nitrogen and oxygen atoms in total. The Morgan fingerprint density at radius 3 is 2.48 bits per heavy atom. The summed E-state index contributed by atoms with van der Waals surface area (Å²) in [6.07, 6.45) is 0.640. The largest absolute Gasteiger partial charge is 0.394 e. The first kappa shape index (κ1) is 17.1. The summed E-state index contributed by atoms with van der Waals surface area (Å²) in [5, 5.41) is 22.8. The molecule has 1 aromatic rings. The number of hydrogen-bond acceptors (Lipinski definition) is 4. The molecule has 0 aromatic heterocycles. The molecule has 2 N–H and O–H groups in total. The molecule has 6 heteroatoms. The number of nitro benzene ring substituents is 1. The summed E-state index contributed by atoms with van der Waals surface area (Å²) in [5.74, 6) is -0.328. The lowest BCUT2D eigenvalue weighted by Crippen LogP contribution is -2.40. The van der Waals surface area contributed by atoms with Gasteiger partial charge in [0.2, 0.25) is 0 Å². The van der Waals surface area contributed by atoms with Gasteiger partial charge in [0.25, 0.3) is 11.6 Å². The maximum Gasteiger partial charge on any atom is 0.269 e. The average Bonchev–Trinajstić information content (AvgIpc) is 2.35. The summed E-state index contributed by atoms with van der Waals surface area (Å²) in [6, 6.07) is 3.77. The van der Waals surface area contributed by atoms with Crippen molar-refractivity contribution in [1.82, 2.24) is 5.32 Å². The van der Waals surface area contributed by atoms with Crippen LogP contribution in [0.15, 0.2) is 18.2 Å². The summed E-state index contributed by atoms with van der Waals surface area (Å²) in [5.41, 5.74) is 0.852. The van der Waals surface area contributed by atoms with Crippen molar-refractivity contribution in [2.24, 2.45) is 5.41 Å². The van der Waals surface area contributed by atoms with E-state index >= 15 is 0 Å². The number of benzene rings is 1. The van der Waals surface area contributed by atoms with Crippen LogP contribution in [0.4, 0.5) is 5.69 Å². The zero-order chi connectivity index (χ0) is 16.2. The second-order valence-electron chi connectivity index (χ2n) is 6.37. The van der Waals surface area contributed by atoms with Crippen LogP contribution < -0.4 is 5.32 Å². The fourth-order valence-electron chi connectivity index (χ4n) is 2.18. The van der Waals surface area contributed by atoms with E-state index in [-0.39, 0.29) is 29.7 Å². The smallest absolute Gasteiger partial charge is 0.269 e. The minimum atomic E-state index is -0.495. The number of aliphatic hydroxyl groups excluding tert-OH is 1. The van der Waals surface area contributed by atoms with Gasteiger partial charge in [-0.05, 0) is 30.4 Å². The third-order valence-electron chi connectivity index (χ3n) is 3.08. The molecule has 1 unspecified atom stereocenters. The Morgan fingerprint density at radius 1 is 1.43 bits per heavy atom. The normalized spacial score (nSPS) is 12.8. The highest BCUT2D eigenvalue weighted by atomic mass is 16.6. The van der Waals surface area contributed by atoms with Crippen molar-refractivity contribution in [3.05, 3.63) is 39.4 Å². The lowest BCUT2D eigenvalue weighted by molar-refractivity contribution is -0.384. The summed E-state index contributed by atoms with van der Waals surface area (Å²) >= 11 is 0. The molecular formula is C15H22N2O4. The molecule has 0 radical (unpaired) electrons. The van der Waals surface area contributed by atoms with E-state index in [1.165, 1.54) is 18.2 Å². The first-order valence-corrected chi connectivity index (χ1v) is 6.81. The fourth-order valence-corrected chi connectivity index (χ4v) is 2.18. The predicted octanol–water partition coefficient (Wildman–Crippen LogP) is 2.43. The van der Waals surface area contributed by atoms with E-state index in [1.54, 1.807) is 6.92 Å². The Kier molecular flexibility index (Phi) is 5.43. The Bertz CT molecular complexity index is 535. The number of carbonyl (C=O) groups excluding carboxylic acids is 1. The highest BCUT2D eigenvalue weighted by Gasteiger charge is 2.21. The maximum atomic E-state index is 12.2. The van der Waals surface area contributed by atoms with Crippen molar-refractivity contribution in [2.75, 3.05) is 6.61 Å². The Hall–Kier alpha value is -1.95. The first-order chi connectivity index (χ1) is 9.64. The molecule has 0 spiro atoms. The minimum absolute atomic E-state index is 0.0226. The molecule has 0 heterocycles. The van der Waals surface area contributed by atoms with Gasteiger partial charge >= 0.3 is 0 Å².